The van der Waals surface area contributed by atoms with Crippen molar-refractivity contribution in [2.24, 2.45) is 7.05 Å². The number of carbonyl (C=O) groups excluding carboxylic acids is 1. The Labute approximate surface area is 158 Å². The largest absolute Gasteiger partial charge is 0.368 e. The first-order valence-corrected chi connectivity index (χ1v) is 8.41. The van der Waals surface area contributed by atoms with Crippen LogP contribution in [0.2, 0.25) is 0 Å². The number of benzene rings is 2. The van der Waals surface area contributed by atoms with Crippen molar-refractivity contribution in [3.8, 4) is 11.4 Å². The average molecular weight is 378 g/mol. The smallest absolute Gasteiger partial charge is 0.287 e. The van der Waals surface area contributed by atoms with Gasteiger partial charge >= 0.3 is 5.69 Å². The van der Waals surface area contributed by atoms with Gasteiger partial charge < -0.3 is 0 Å². The number of carbonyl (C=O) groups is 1. The van der Waals surface area contributed by atoms with Crippen molar-refractivity contribution in [2.45, 2.75) is 6.92 Å². The van der Waals surface area contributed by atoms with E-state index in [1.165, 1.54) is 30.1 Å². The van der Waals surface area contributed by atoms with E-state index in [0.717, 1.165) is 9.36 Å². The van der Waals surface area contributed by atoms with Gasteiger partial charge in [0.2, 0.25) is 5.78 Å². The van der Waals surface area contributed by atoms with Gasteiger partial charge in [0.05, 0.1) is 11.3 Å². The van der Waals surface area contributed by atoms with Gasteiger partial charge in [-0.2, -0.15) is 14.5 Å². The van der Waals surface area contributed by atoms with Crippen molar-refractivity contribution in [3.05, 3.63) is 87.9 Å². The molecule has 0 bridgehead atoms. The van der Waals surface area contributed by atoms with Gasteiger partial charge in [0.25, 0.3) is 0 Å². The molecule has 0 fully saturated rings. The molecule has 0 aliphatic carbocycles. The van der Waals surface area contributed by atoms with Crippen LogP contribution >= 0.6 is 0 Å². The summed E-state index contributed by atoms with van der Waals surface area (Å²) in [4.78, 5) is 25.4. The summed E-state index contributed by atoms with van der Waals surface area (Å²) in [5, 5.41) is 11.7. The van der Waals surface area contributed by atoms with Gasteiger partial charge in [-0.25, -0.2) is 13.9 Å². The minimum atomic E-state index is -0.475. The maximum Gasteiger partial charge on any atom is 0.368 e. The van der Waals surface area contributed by atoms with Crippen LogP contribution in [0.15, 0.2) is 59.5 Å². The van der Waals surface area contributed by atoms with Gasteiger partial charge in [0, 0.05) is 13.2 Å². The van der Waals surface area contributed by atoms with Gasteiger partial charge in [-0.05, 0) is 47.2 Å². The van der Waals surface area contributed by atoms with Gasteiger partial charge in [-0.1, -0.05) is 24.3 Å². The molecule has 0 saturated carbocycles. The van der Waals surface area contributed by atoms with Crippen LogP contribution in [-0.2, 0) is 7.05 Å². The molecule has 0 atom stereocenters. The van der Waals surface area contributed by atoms with E-state index in [9.17, 15) is 14.0 Å². The standard InChI is InChI=1S/C19H15FN6O2/c1-12-6-5-9-16(26-19(28)24(2)22-23-26)17(12)18(27)14-10-11-25(21-14)15-8-4-3-7-13(15)20/h3-11H,1-2H3. The number of aromatic nitrogens is 6. The number of para-hydroxylation sites is 1. The highest BCUT2D eigenvalue weighted by atomic mass is 19.1. The van der Waals surface area contributed by atoms with Crippen molar-refractivity contribution >= 4 is 5.78 Å². The number of hydrogen-bond donors (Lipinski definition) is 0. The first-order valence-electron chi connectivity index (χ1n) is 8.41. The van der Waals surface area contributed by atoms with Crippen molar-refractivity contribution in [1.82, 2.24) is 29.6 Å². The second-order valence-electron chi connectivity index (χ2n) is 6.19. The SMILES string of the molecule is Cc1cccc(-n2nnn(C)c2=O)c1C(=O)c1ccn(-c2ccccc2F)n1. The fourth-order valence-corrected chi connectivity index (χ4v) is 2.93. The molecule has 28 heavy (non-hydrogen) atoms. The molecule has 9 heteroatoms. The molecular formula is C19H15FN6O2. The second kappa shape index (κ2) is 6.69. The van der Waals surface area contributed by atoms with E-state index in [0.29, 0.717) is 11.3 Å². The van der Waals surface area contributed by atoms with Gasteiger partial charge in [0.15, 0.2) is 0 Å². The Morgan fingerprint density at radius 2 is 1.75 bits per heavy atom. The number of aryl methyl sites for hydroxylation is 2. The summed E-state index contributed by atoms with van der Waals surface area (Å²) < 4.78 is 17.4. The van der Waals surface area contributed by atoms with Gasteiger partial charge in [0.1, 0.15) is 17.2 Å². The number of ketones is 1. The number of halogens is 1. The van der Waals surface area contributed by atoms with E-state index in [1.807, 2.05) is 0 Å². The number of nitrogens with zero attached hydrogens (tertiary/aromatic N) is 6. The minimum absolute atomic E-state index is 0.121. The molecule has 4 aromatic rings. The third kappa shape index (κ3) is 2.82. The zero-order chi connectivity index (χ0) is 19.8. The summed E-state index contributed by atoms with van der Waals surface area (Å²) in [7, 11) is 1.47. The highest BCUT2D eigenvalue weighted by Crippen LogP contribution is 2.21. The Bertz CT molecular complexity index is 1250. The highest BCUT2D eigenvalue weighted by Gasteiger charge is 2.22. The monoisotopic (exact) mass is 378 g/mol. The summed E-state index contributed by atoms with van der Waals surface area (Å²) in [6, 6.07) is 12.7. The average Bonchev–Trinajstić information content (AvgIpc) is 3.29. The van der Waals surface area contributed by atoms with Gasteiger partial charge in [-0.3, -0.25) is 4.79 Å². The van der Waals surface area contributed by atoms with Crippen LogP contribution in [-0.4, -0.2) is 35.4 Å². The molecule has 0 saturated heterocycles. The lowest BCUT2D eigenvalue weighted by Gasteiger charge is -2.09. The Balaban J connectivity index is 1.81. The van der Waals surface area contributed by atoms with Crippen molar-refractivity contribution in [2.75, 3.05) is 0 Å². The third-order valence-corrected chi connectivity index (χ3v) is 4.35. The second-order valence-corrected chi connectivity index (χ2v) is 6.19. The quantitative estimate of drug-likeness (QED) is 0.506. The van der Waals surface area contributed by atoms with Crippen molar-refractivity contribution < 1.29 is 9.18 Å². The lowest BCUT2D eigenvalue weighted by molar-refractivity contribution is 0.103. The predicted octanol–water partition coefficient (Wildman–Crippen LogP) is 1.83. The molecule has 0 amide bonds. The Hall–Kier alpha value is -3.88. The summed E-state index contributed by atoms with van der Waals surface area (Å²) in [5.41, 5.74) is 1.12. The molecule has 2 heterocycles. The molecule has 0 N–H and O–H groups in total. The van der Waals surface area contributed by atoms with Crippen molar-refractivity contribution in [3.63, 3.8) is 0 Å². The molecule has 0 unspecified atom stereocenters. The molecule has 140 valence electrons. The third-order valence-electron chi connectivity index (χ3n) is 4.35. The molecule has 0 aliphatic rings. The maximum absolute atomic E-state index is 14.0. The molecule has 2 aromatic carbocycles. The Morgan fingerprint density at radius 3 is 2.46 bits per heavy atom. The van der Waals surface area contributed by atoms with E-state index >= 15 is 0 Å². The zero-order valence-electron chi connectivity index (χ0n) is 15.1. The van der Waals surface area contributed by atoms with E-state index < -0.39 is 17.3 Å². The lowest BCUT2D eigenvalue weighted by atomic mass is 10.0. The first-order chi connectivity index (χ1) is 13.5. The van der Waals surface area contributed by atoms with E-state index in [-0.39, 0.29) is 16.9 Å². The summed E-state index contributed by atoms with van der Waals surface area (Å²) >= 11 is 0. The lowest BCUT2D eigenvalue weighted by Crippen LogP contribution is -2.24. The van der Waals surface area contributed by atoms with E-state index in [4.69, 9.17) is 0 Å². The fraction of sp³-hybridized carbons (Fsp3) is 0.105. The molecule has 2 aromatic heterocycles. The predicted molar refractivity (Wildman–Crippen MR) is 98.3 cm³/mol. The van der Waals surface area contributed by atoms with Crippen LogP contribution in [0.25, 0.3) is 11.4 Å². The van der Waals surface area contributed by atoms with Crippen LogP contribution in [0, 0.1) is 12.7 Å². The van der Waals surface area contributed by atoms with Crippen LogP contribution < -0.4 is 5.69 Å². The Morgan fingerprint density at radius 1 is 1.00 bits per heavy atom. The number of hydrogen-bond acceptors (Lipinski definition) is 5. The van der Waals surface area contributed by atoms with E-state index in [2.05, 4.69) is 15.5 Å². The highest BCUT2D eigenvalue weighted by molar-refractivity contribution is 6.11. The molecular weight excluding hydrogens is 363 g/mol. The first kappa shape index (κ1) is 17.5. The molecule has 4 rings (SSSR count). The molecule has 0 aliphatic heterocycles. The van der Waals surface area contributed by atoms with Crippen molar-refractivity contribution in [1.29, 1.82) is 0 Å². The topological polar surface area (TPSA) is 87.6 Å². The van der Waals surface area contributed by atoms with Crippen LogP contribution in [0.5, 0.6) is 0 Å². The molecule has 0 spiro atoms. The molecule has 8 nitrogen and oxygen atoms in total. The van der Waals surface area contributed by atoms with Crippen LogP contribution in [0.4, 0.5) is 4.39 Å². The Kier molecular flexibility index (Phi) is 4.19. The zero-order valence-corrected chi connectivity index (χ0v) is 15.1. The fourth-order valence-electron chi connectivity index (χ4n) is 2.93. The van der Waals surface area contributed by atoms with Gasteiger partial charge in [-0.15, -0.1) is 0 Å². The summed E-state index contributed by atoms with van der Waals surface area (Å²) in [6.45, 7) is 1.76. The van der Waals surface area contributed by atoms with Crippen LogP contribution in [0.3, 0.4) is 0 Å². The summed E-state index contributed by atoms with van der Waals surface area (Å²) in [6.07, 6.45) is 1.51. The maximum atomic E-state index is 14.0. The number of rotatable bonds is 4. The summed E-state index contributed by atoms with van der Waals surface area (Å²) in [5.74, 6) is -0.854. The van der Waals surface area contributed by atoms with Crippen LogP contribution in [0.1, 0.15) is 21.6 Å². The molecule has 0 radical (unpaired) electrons. The minimum Gasteiger partial charge on any atom is -0.287 e. The number of tetrazole rings is 1. The van der Waals surface area contributed by atoms with E-state index in [1.54, 1.807) is 43.3 Å². The normalized spacial score (nSPS) is 11.0.